The van der Waals surface area contributed by atoms with Crippen LogP contribution in [0.1, 0.15) is 19.8 Å². The topological polar surface area (TPSA) is 138 Å². The highest BCUT2D eigenvalue weighted by molar-refractivity contribution is 7.93. The van der Waals surface area contributed by atoms with E-state index in [4.69, 9.17) is 9.47 Å². The average molecular weight is 492 g/mol. The third kappa shape index (κ3) is 6.49. The van der Waals surface area contributed by atoms with Crippen LogP contribution >= 0.6 is 11.3 Å². The maximum absolute atomic E-state index is 12.7. The monoisotopic (exact) mass is 491 g/mol. The van der Waals surface area contributed by atoms with Crippen molar-refractivity contribution in [2.75, 3.05) is 18.5 Å². The summed E-state index contributed by atoms with van der Waals surface area (Å²) in [4.78, 5) is 26.1. The number of carbonyl (C=O) groups is 1. The molecule has 0 atom stereocenters. The van der Waals surface area contributed by atoms with Crippen LogP contribution in [-0.4, -0.2) is 37.4 Å². The van der Waals surface area contributed by atoms with E-state index in [1.165, 1.54) is 0 Å². The van der Waals surface area contributed by atoms with Crippen LogP contribution in [0.5, 0.6) is 11.5 Å². The van der Waals surface area contributed by atoms with E-state index < -0.39 is 14.8 Å². The Morgan fingerprint density at radius 1 is 1.09 bits per heavy atom. The number of sulfone groups is 1. The number of nitro groups is 1. The lowest BCUT2D eigenvalue weighted by molar-refractivity contribution is -0.384. The van der Waals surface area contributed by atoms with Crippen molar-refractivity contribution in [1.29, 1.82) is 0 Å². The molecule has 3 aromatic rings. The SMILES string of the molecule is CCOc1ccc(OCCCC(=O)Nc2ncc(S(=O)(=O)c3ccc([N+](=O)[O-])cc3)s2)cc1. The first-order valence-corrected chi connectivity index (χ1v) is 12.2. The number of aromatic nitrogens is 1. The molecule has 33 heavy (non-hydrogen) atoms. The predicted molar refractivity (Wildman–Crippen MR) is 122 cm³/mol. The summed E-state index contributed by atoms with van der Waals surface area (Å²) in [5.74, 6) is 1.10. The number of thiazole rings is 1. The number of non-ortho nitro benzene ring substituents is 1. The largest absolute Gasteiger partial charge is 0.494 e. The molecule has 10 nitrogen and oxygen atoms in total. The Kier molecular flexibility index (Phi) is 7.96. The lowest BCUT2D eigenvalue weighted by Gasteiger charge is -2.07. The minimum atomic E-state index is -3.90. The molecule has 0 bridgehead atoms. The fraction of sp³-hybridized carbons (Fsp3) is 0.238. The molecule has 1 heterocycles. The van der Waals surface area contributed by atoms with E-state index in [0.717, 1.165) is 47.5 Å². The molecule has 3 rings (SSSR count). The Morgan fingerprint density at radius 2 is 1.73 bits per heavy atom. The molecule has 0 saturated carbocycles. The first-order valence-electron chi connectivity index (χ1n) is 9.90. The standard InChI is InChI=1S/C21H21N3O7S2/c1-2-30-16-7-9-17(10-8-16)31-13-3-4-19(25)23-21-22-14-20(32-21)33(28,29)18-11-5-15(6-12-18)24(26)27/h5-12,14H,2-4,13H2,1H3,(H,22,23,25). The van der Waals surface area contributed by atoms with Crippen LogP contribution in [0.15, 0.2) is 63.8 Å². The molecule has 0 aliphatic carbocycles. The fourth-order valence-electron chi connectivity index (χ4n) is 2.71. The van der Waals surface area contributed by atoms with Gasteiger partial charge in [0.05, 0.1) is 29.2 Å². The number of hydrogen-bond donors (Lipinski definition) is 1. The van der Waals surface area contributed by atoms with Crippen molar-refractivity contribution in [2.24, 2.45) is 0 Å². The van der Waals surface area contributed by atoms with Gasteiger partial charge in [-0.2, -0.15) is 0 Å². The molecular weight excluding hydrogens is 470 g/mol. The molecule has 0 aliphatic heterocycles. The molecule has 0 fully saturated rings. The molecule has 1 aromatic heterocycles. The van der Waals surface area contributed by atoms with Gasteiger partial charge in [-0.15, -0.1) is 0 Å². The Hall–Kier alpha value is -3.51. The summed E-state index contributed by atoms with van der Waals surface area (Å²) in [6, 6.07) is 11.7. The van der Waals surface area contributed by atoms with Crippen molar-refractivity contribution in [3.05, 3.63) is 64.8 Å². The number of carbonyl (C=O) groups excluding carboxylic acids is 1. The normalized spacial score (nSPS) is 11.1. The van der Waals surface area contributed by atoms with E-state index in [0.29, 0.717) is 25.4 Å². The lowest BCUT2D eigenvalue weighted by Crippen LogP contribution is -2.12. The first kappa shape index (κ1) is 24.1. The summed E-state index contributed by atoms with van der Waals surface area (Å²) in [6.07, 6.45) is 1.77. The van der Waals surface area contributed by atoms with E-state index >= 15 is 0 Å². The summed E-state index contributed by atoms with van der Waals surface area (Å²) in [7, 11) is -3.90. The van der Waals surface area contributed by atoms with E-state index in [2.05, 4.69) is 10.3 Å². The minimum absolute atomic E-state index is 0.0783. The molecule has 0 aliphatic rings. The van der Waals surface area contributed by atoms with E-state index in [-0.39, 0.29) is 32.3 Å². The number of benzene rings is 2. The molecule has 0 radical (unpaired) electrons. The average Bonchev–Trinajstić information content (AvgIpc) is 3.27. The van der Waals surface area contributed by atoms with Crippen molar-refractivity contribution in [3.63, 3.8) is 0 Å². The lowest BCUT2D eigenvalue weighted by atomic mass is 10.3. The van der Waals surface area contributed by atoms with Crippen molar-refractivity contribution in [3.8, 4) is 11.5 Å². The molecule has 1 amide bonds. The highest BCUT2D eigenvalue weighted by Crippen LogP contribution is 2.29. The van der Waals surface area contributed by atoms with Crippen LogP contribution in [-0.2, 0) is 14.6 Å². The third-order valence-electron chi connectivity index (χ3n) is 4.31. The van der Waals surface area contributed by atoms with Gasteiger partial charge in [0.1, 0.15) is 15.7 Å². The van der Waals surface area contributed by atoms with Gasteiger partial charge in [-0.25, -0.2) is 13.4 Å². The van der Waals surface area contributed by atoms with Gasteiger partial charge in [0.25, 0.3) is 5.69 Å². The molecule has 2 aromatic carbocycles. The minimum Gasteiger partial charge on any atom is -0.494 e. The summed E-state index contributed by atoms with van der Waals surface area (Å²) in [5.41, 5.74) is -0.210. The van der Waals surface area contributed by atoms with Gasteiger partial charge in [-0.3, -0.25) is 14.9 Å². The maximum atomic E-state index is 12.7. The van der Waals surface area contributed by atoms with Crippen molar-refractivity contribution in [2.45, 2.75) is 28.9 Å². The number of nitrogens with zero attached hydrogens (tertiary/aromatic N) is 2. The zero-order valence-electron chi connectivity index (χ0n) is 17.6. The van der Waals surface area contributed by atoms with Crippen LogP contribution in [0.4, 0.5) is 10.8 Å². The first-order chi connectivity index (χ1) is 15.8. The highest BCUT2D eigenvalue weighted by atomic mass is 32.2. The molecule has 0 unspecified atom stereocenters. The van der Waals surface area contributed by atoms with E-state index in [1.807, 2.05) is 6.92 Å². The molecular formula is C21H21N3O7S2. The highest BCUT2D eigenvalue weighted by Gasteiger charge is 2.22. The Balaban J connectivity index is 1.49. The van der Waals surface area contributed by atoms with Gasteiger partial charge < -0.3 is 14.8 Å². The summed E-state index contributed by atoms with van der Waals surface area (Å²) in [6.45, 7) is 2.82. The quantitative estimate of drug-likeness (QED) is 0.241. The molecule has 0 saturated heterocycles. The second kappa shape index (κ2) is 10.9. The molecule has 174 valence electrons. The van der Waals surface area contributed by atoms with Crippen molar-refractivity contribution < 1.29 is 27.6 Å². The zero-order chi connectivity index (χ0) is 23.8. The van der Waals surface area contributed by atoms with Crippen LogP contribution in [0.2, 0.25) is 0 Å². The molecule has 12 heteroatoms. The van der Waals surface area contributed by atoms with Gasteiger partial charge in [0, 0.05) is 18.6 Å². The smallest absolute Gasteiger partial charge is 0.269 e. The number of hydrogen-bond acceptors (Lipinski definition) is 9. The van der Waals surface area contributed by atoms with Crippen molar-refractivity contribution >= 4 is 37.9 Å². The van der Waals surface area contributed by atoms with Crippen LogP contribution in [0.3, 0.4) is 0 Å². The summed E-state index contributed by atoms with van der Waals surface area (Å²) >= 11 is 0.807. The van der Waals surface area contributed by atoms with Crippen LogP contribution < -0.4 is 14.8 Å². The molecule has 1 N–H and O–H groups in total. The van der Waals surface area contributed by atoms with Gasteiger partial charge in [-0.1, -0.05) is 11.3 Å². The summed E-state index contributed by atoms with van der Waals surface area (Å²) in [5, 5.41) is 13.5. The Labute approximate surface area is 194 Å². The zero-order valence-corrected chi connectivity index (χ0v) is 19.2. The third-order valence-corrected chi connectivity index (χ3v) is 7.45. The van der Waals surface area contributed by atoms with E-state index in [9.17, 15) is 23.3 Å². The maximum Gasteiger partial charge on any atom is 0.269 e. The number of anilines is 1. The van der Waals surface area contributed by atoms with Crippen LogP contribution in [0, 0.1) is 10.1 Å². The predicted octanol–water partition coefficient (Wildman–Crippen LogP) is 4.08. The number of ether oxygens (including phenoxy) is 2. The van der Waals surface area contributed by atoms with Crippen LogP contribution in [0.25, 0.3) is 0 Å². The van der Waals surface area contributed by atoms with Gasteiger partial charge in [0.15, 0.2) is 5.13 Å². The number of nitrogens with one attached hydrogen (secondary N) is 1. The second-order valence-corrected chi connectivity index (χ2v) is 9.85. The second-order valence-electron chi connectivity index (χ2n) is 6.64. The number of amides is 1. The van der Waals surface area contributed by atoms with Gasteiger partial charge in [-0.05, 0) is 49.7 Å². The van der Waals surface area contributed by atoms with E-state index in [1.54, 1.807) is 24.3 Å². The van der Waals surface area contributed by atoms with Crippen molar-refractivity contribution in [1.82, 2.24) is 4.98 Å². The number of rotatable bonds is 11. The molecule has 0 spiro atoms. The number of nitro benzene ring substituents is 1. The Bertz CT molecular complexity index is 1210. The van der Waals surface area contributed by atoms with Gasteiger partial charge in [0.2, 0.25) is 15.7 Å². The summed E-state index contributed by atoms with van der Waals surface area (Å²) < 4.78 is 36.2. The Morgan fingerprint density at radius 3 is 2.33 bits per heavy atom. The van der Waals surface area contributed by atoms with Gasteiger partial charge >= 0.3 is 0 Å². The fourth-order valence-corrected chi connectivity index (χ4v) is 5.16.